The van der Waals surface area contributed by atoms with E-state index in [1.54, 1.807) is 31.2 Å². The van der Waals surface area contributed by atoms with E-state index in [9.17, 15) is 22.8 Å². The molecule has 2 fully saturated rings. The van der Waals surface area contributed by atoms with Crippen molar-refractivity contribution in [3.63, 3.8) is 0 Å². The minimum Gasteiger partial charge on any atom is -0.333 e. The van der Waals surface area contributed by atoms with Gasteiger partial charge >= 0.3 is 6.03 Å². The van der Waals surface area contributed by atoms with Crippen molar-refractivity contribution >= 4 is 39.3 Å². The van der Waals surface area contributed by atoms with Crippen LogP contribution in [0.25, 0.3) is 0 Å². The fourth-order valence-corrected chi connectivity index (χ4v) is 6.12. The largest absolute Gasteiger partial charge is 0.333 e. The first kappa shape index (κ1) is 23.3. The van der Waals surface area contributed by atoms with Gasteiger partial charge in [-0.25, -0.2) is 13.2 Å². The van der Waals surface area contributed by atoms with Gasteiger partial charge in [0.2, 0.25) is 5.91 Å². The summed E-state index contributed by atoms with van der Waals surface area (Å²) in [6.07, 6.45) is 0.323. The van der Waals surface area contributed by atoms with Crippen molar-refractivity contribution in [2.24, 2.45) is 0 Å². The molecule has 0 radical (unpaired) electrons. The molecule has 2 aromatic rings. The van der Waals surface area contributed by atoms with Crippen LogP contribution in [0.4, 0.5) is 4.79 Å². The van der Waals surface area contributed by atoms with Gasteiger partial charge < -0.3 is 10.2 Å². The SMILES string of the molecule is C[C@@]1(c2ccc(Cl)cc2)NC(=O)N(CC(=O)N(Cc2ccccc2)[C@@H]2CCS(=O)(=O)C2)C1=O. The van der Waals surface area contributed by atoms with Gasteiger partial charge in [0.1, 0.15) is 12.1 Å². The smallest absolute Gasteiger partial charge is 0.325 e. The number of amides is 4. The second kappa shape index (κ2) is 8.79. The second-order valence-electron chi connectivity index (χ2n) is 8.52. The van der Waals surface area contributed by atoms with Crippen LogP contribution in [-0.4, -0.2) is 60.2 Å². The molecule has 4 amide bonds. The molecule has 0 aromatic heterocycles. The van der Waals surface area contributed by atoms with Crippen LogP contribution < -0.4 is 5.32 Å². The topological polar surface area (TPSA) is 104 Å². The molecule has 4 rings (SSSR count). The first-order chi connectivity index (χ1) is 15.6. The summed E-state index contributed by atoms with van der Waals surface area (Å²) in [4.78, 5) is 41.6. The lowest BCUT2D eigenvalue weighted by Crippen LogP contribution is -2.48. The first-order valence-electron chi connectivity index (χ1n) is 10.5. The molecule has 1 N–H and O–H groups in total. The predicted octanol–water partition coefficient (Wildman–Crippen LogP) is 2.32. The predicted molar refractivity (Wildman–Crippen MR) is 123 cm³/mol. The number of hydrogen-bond donors (Lipinski definition) is 1. The fraction of sp³-hybridized carbons (Fsp3) is 0.348. The highest BCUT2D eigenvalue weighted by Crippen LogP contribution is 2.30. The van der Waals surface area contributed by atoms with Gasteiger partial charge in [0.25, 0.3) is 5.91 Å². The van der Waals surface area contributed by atoms with Crippen molar-refractivity contribution < 1.29 is 22.8 Å². The Morgan fingerprint density at radius 2 is 1.82 bits per heavy atom. The fourth-order valence-electron chi connectivity index (χ4n) is 4.27. The number of halogens is 1. The lowest BCUT2D eigenvalue weighted by Gasteiger charge is -2.30. The molecule has 0 bridgehead atoms. The summed E-state index contributed by atoms with van der Waals surface area (Å²) in [6, 6.07) is 14.6. The van der Waals surface area contributed by atoms with Crippen LogP contribution in [0.1, 0.15) is 24.5 Å². The first-order valence-corrected chi connectivity index (χ1v) is 12.7. The standard InChI is InChI=1S/C23H24ClN3O5S/c1-23(17-7-9-18(24)10-8-17)21(29)27(22(30)25-23)14-20(28)26(13-16-5-3-2-4-6-16)19-11-12-33(31,32)15-19/h2-10,19H,11-15H2,1H3,(H,25,30)/t19-,23+/m1/s1. The van der Waals surface area contributed by atoms with Crippen molar-refractivity contribution in [1.82, 2.24) is 15.1 Å². The summed E-state index contributed by atoms with van der Waals surface area (Å²) >= 11 is 5.93. The van der Waals surface area contributed by atoms with Gasteiger partial charge in [-0.3, -0.25) is 14.5 Å². The number of carbonyl (C=O) groups is 3. The Labute approximate surface area is 197 Å². The molecule has 2 aliphatic rings. The van der Waals surface area contributed by atoms with Crippen LogP contribution in [-0.2, 0) is 31.5 Å². The van der Waals surface area contributed by atoms with E-state index in [-0.39, 0.29) is 18.1 Å². The Morgan fingerprint density at radius 3 is 2.42 bits per heavy atom. The summed E-state index contributed by atoms with van der Waals surface area (Å²) in [5.74, 6) is -1.16. The van der Waals surface area contributed by atoms with E-state index in [0.29, 0.717) is 17.0 Å². The van der Waals surface area contributed by atoms with E-state index in [0.717, 1.165) is 10.5 Å². The average molecular weight is 490 g/mol. The van der Waals surface area contributed by atoms with E-state index in [2.05, 4.69) is 5.32 Å². The van der Waals surface area contributed by atoms with E-state index >= 15 is 0 Å². The molecule has 0 aliphatic carbocycles. The van der Waals surface area contributed by atoms with Crippen LogP contribution in [0.5, 0.6) is 0 Å². The number of nitrogens with zero attached hydrogens (tertiary/aromatic N) is 2. The normalized spacial score (nSPS) is 24.1. The molecule has 10 heteroatoms. The molecular weight excluding hydrogens is 466 g/mol. The van der Waals surface area contributed by atoms with Crippen molar-refractivity contribution in [3.8, 4) is 0 Å². The quantitative estimate of drug-likeness (QED) is 0.627. The van der Waals surface area contributed by atoms with Crippen molar-refractivity contribution in [2.45, 2.75) is 31.5 Å². The second-order valence-corrected chi connectivity index (χ2v) is 11.2. The third kappa shape index (κ3) is 4.74. The minimum absolute atomic E-state index is 0.00794. The third-order valence-electron chi connectivity index (χ3n) is 6.16. The Balaban J connectivity index is 1.56. The summed E-state index contributed by atoms with van der Waals surface area (Å²) in [7, 11) is -3.24. The number of benzene rings is 2. The Bertz CT molecular complexity index is 1190. The van der Waals surface area contributed by atoms with Crippen LogP contribution >= 0.6 is 11.6 Å². The van der Waals surface area contributed by atoms with E-state index in [1.165, 1.54) is 4.90 Å². The number of imide groups is 1. The number of sulfone groups is 1. The number of hydrogen-bond acceptors (Lipinski definition) is 5. The van der Waals surface area contributed by atoms with Crippen molar-refractivity contribution in [3.05, 3.63) is 70.7 Å². The highest BCUT2D eigenvalue weighted by Gasteiger charge is 2.50. The van der Waals surface area contributed by atoms with Gasteiger partial charge in [0, 0.05) is 17.6 Å². The summed E-state index contributed by atoms with van der Waals surface area (Å²) in [6.45, 7) is 1.29. The molecule has 0 spiro atoms. The van der Waals surface area contributed by atoms with Gasteiger partial charge in [-0.05, 0) is 36.6 Å². The Morgan fingerprint density at radius 1 is 1.15 bits per heavy atom. The van der Waals surface area contributed by atoms with Crippen molar-refractivity contribution in [2.75, 3.05) is 18.1 Å². The molecule has 0 unspecified atom stereocenters. The zero-order valence-corrected chi connectivity index (χ0v) is 19.6. The molecule has 2 aromatic carbocycles. The van der Waals surface area contributed by atoms with Gasteiger partial charge in [0.05, 0.1) is 11.5 Å². The maximum atomic E-state index is 13.3. The third-order valence-corrected chi connectivity index (χ3v) is 8.16. The molecule has 2 saturated heterocycles. The van der Waals surface area contributed by atoms with Gasteiger partial charge in [-0.15, -0.1) is 0 Å². The highest BCUT2D eigenvalue weighted by molar-refractivity contribution is 7.91. The van der Waals surface area contributed by atoms with Crippen LogP contribution in [0.2, 0.25) is 5.02 Å². The van der Waals surface area contributed by atoms with E-state index < -0.39 is 45.8 Å². The van der Waals surface area contributed by atoms with Crippen LogP contribution in [0.15, 0.2) is 54.6 Å². The zero-order chi connectivity index (χ0) is 23.8. The molecule has 0 saturated carbocycles. The van der Waals surface area contributed by atoms with E-state index in [1.807, 2.05) is 30.3 Å². The molecule has 2 atom stereocenters. The number of rotatable bonds is 6. The number of urea groups is 1. The summed E-state index contributed by atoms with van der Waals surface area (Å²) in [5.41, 5.74) is 0.0460. The number of nitrogens with one attached hydrogen (secondary N) is 1. The molecule has 174 valence electrons. The van der Waals surface area contributed by atoms with Crippen molar-refractivity contribution in [1.29, 1.82) is 0 Å². The van der Waals surface area contributed by atoms with Crippen LogP contribution in [0, 0.1) is 0 Å². The molecular formula is C23H24ClN3O5S. The minimum atomic E-state index is -3.24. The molecule has 8 nitrogen and oxygen atoms in total. The van der Waals surface area contributed by atoms with E-state index in [4.69, 9.17) is 11.6 Å². The summed E-state index contributed by atoms with van der Waals surface area (Å²) in [5, 5.41) is 3.16. The molecule has 33 heavy (non-hydrogen) atoms. The van der Waals surface area contributed by atoms with Gasteiger partial charge in [0.15, 0.2) is 9.84 Å². The maximum absolute atomic E-state index is 13.3. The number of carbonyl (C=O) groups excluding carboxylic acids is 3. The average Bonchev–Trinajstić information content (AvgIpc) is 3.24. The molecule has 2 aliphatic heterocycles. The van der Waals surface area contributed by atoms with Gasteiger partial charge in [-0.1, -0.05) is 54.1 Å². The lowest BCUT2D eigenvalue weighted by atomic mass is 9.92. The zero-order valence-electron chi connectivity index (χ0n) is 18.0. The van der Waals surface area contributed by atoms with Crippen LogP contribution in [0.3, 0.4) is 0 Å². The Kier molecular flexibility index (Phi) is 6.20. The summed E-state index contributed by atoms with van der Waals surface area (Å²) < 4.78 is 24.1. The monoisotopic (exact) mass is 489 g/mol. The molecule has 2 heterocycles. The van der Waals surface area contributed by atoms with Gasteiger partial charge in [-0.2, -0.15) is 0 Å². The lowest BCUT2D eigenvalue weighted by molar-refractivity contribution is -0.140. The maximum Gasteiger partial charge on any atom is 0.325 e. The Hall–Kier alpha value is -2.91. The highest BCUT2D eigenvalue weighted by atomic mass is 35.5.